The van der Waals surface area contributed by atoms with E-state index in [4.69, 9.17) is 4.74 Å². The van der Waals surface area contributed by atoms with E-state index in [0.717, 1.165) is 12.8 Å². The number of fused-ring (bicyclic) bond motifs is 1. The van der Waals surface area contributed by atoms with Crippen LogP contribution in [0, 0.1) is 17.3 Å². The van der Waals surface area contributed by atoms with Crippen molar-refractivity contribution in [3.05, 3.63) is 25.3 Å². The number of aliphatic hydroxyl groups is 1. The predicted octanol–water partition coefficient (Wildman–Crippen LogP) is 3.42. The van der Waals surface area contributed by atoms with Gasteiger partial charge in [0.2, 0.25) is 11.8 Å². The molecule has 3 aliphatic heterocycles. The number of aliphatic hydroxyl groups excluding tert-OH is 1. The first-order chi connectivity index (χ1) is 16.2. The van der Waals surface area contributed by atoms with E-state index in [0.29, 0.717) is 13.0 Å². The maximum absolute atomic E-state index is 14.4. The molecule has 1 N–H and O–H groups in total. The molecular formula is C27H42N2O5S. The largest absolute Gasteiger partial charge is 0.461 e. The highest BCUT2D eigenvalue weighted by molar-refractivity contribution is 8.02. The van der Waals surface area contributed by atoms with Crippen LogP contribution in [-0.2, 0) is 19.1 Å². The second kappa shape index (κ2) is 9.58. The van der Waals surface area contributed by atoms with E-state index in [1.54, 1.807) is 17.8 Å². The van der Waals surface area contributed by atoms with Gasteiger partial charge in [0.05, 0.1) is 23.2 Å². The fourth-order valence-corrected chi connectivity index (χ4v) is 9.29. The van der Waals surface area contributed by atoms with E-state index in [1.807, 2.05) is 11.8 Å². The molecule has 7 nitrogen and oxygen atoms in total. The molecule has 8 heteroatoms. The molecule has 3 rings (SSSR count). The SMILES string of the molecule is C=CCOC(=O)[C@@H]1[C@H]2C(=O)N(CCO)C(C(=O)N(CC=C)C(C)(C)CC(C)(C)C)C23CC[C@@]1(C)S3. The molecule has 2 amide bonds. The van der Waals surface area contributed by atoms with Crippen molar-refractivity contribution in [2.75, 3.05) is 26.3 Å². The van der Waals surface area contributed by atoms with Crippen molar-refractivity contribution in [2.45, 2.75) is 81.9 Å². The summed E-state index contributed by atoms with van der Waals surface area (Å²) in [7, 11) is 0. The van der Waals surface area contributed by atoms with Gasteiger partial charge in [-0.25, -0.2) is 0 Å². The smallest absolute Gasteiger partial charge is 0.311 e. The van der Waals surface area contributed by atoms with Gasteiger partial charge in [-0.3, -0.25) is 14.4 Å². The summed E-state index contributed by atoms with van der Waals surface area (Å²) in [5.74, 6) is -2.07. The van der Waals surface area contributed by atoms with Crippen LogP contribution < -0.4 is 0 Å². The summed E-state index contributed by atoms with van der Waals surface area (Å²) in [4.78, 5) is 44.8. The molecule has 0 aromatic heterocycles. The average Bonchev–Trinajstić information content (AvgIpc) is 3.29. The van der Waals surface area contributed by atoms with Crippen molar-refractivity contribution in [2.24, 2.45) is 17.3 Å². The molecular weight excluding hydrogens is 464 g/mol. The lowest BCUT2D eigenvalue weighted by Gasteiger charge is -2.45. The summed E-state index contributed by atoms with van der Waals surface area (Å²) in [5, 5.41) is 9.83. The second-order valence-corrected chi connectivity index (χ2v) is 14.1. The van der Waals surface area contributed by atoms with Gasteiger partial charge in [-0.15, -0.1) is 18.3 Å². The molecule has 3 aliphatic rings. The van der Waals surface area contributed by atoms with Crippen LogP contribution in [0.2, 0.25) is 0 Å². The number of hydrogen-bond acceptors (Lipinski definition) is 6. The number of nitrogens with zero attached hydrogens (tertiary/aromatic N) is 2. The maximum atomic E-state index is 14.4. The Morgan fingerprint density at radius 3 is 2.43 bits per heavy atom. The minimum Gasteiger partial charge on any atom is -0.461 e. The van der Waals surface area contributed by atoms with Gasteiger partial charge in [0.1, 0.15) is 12.6 Å². The number of carbonyl (C=O) groups excluding carboxylic acids is 3. The van der Waals surface area contributed by atoms with Crippen LogP contribution >= 0.6 is 11.8 Å². The molecule has 35 heavy (non-hydrogen) atoms. The highest BCUT2D eigenvalue weighted by Gasteiger charge is 2.77. The van der Waals surface area contributed by atoms with Crippen molar-refractivity contribution in [3.63, 3.8) is 0 Å². The Labute approximate surface area is 214 Å². The number of ether oxygens (including phenoxy) is 1. The van der Waals surface area contributed by atoms with Crippen LogP contribution in [0.1, 0.15) is 60.8 Å². The molecule has 1 spiro atoms. The zero-order valence-electron chi connectivity index (χ0n) is 22.1. The number of esters is 1. The fourth-order valence-electron chi connectivity index (χ4n) is 6.95. The Kier molecular flexibility index (Phi) is 7.60. The van der Waals surface area contributed by atoms with Crippen molar-refractivity contribution in [1.82, 2.24) is 9.80 Å². The number of likely N-dealkylation sites (tertiary alicyclic amines) is 1. The maximum Gasteiger partial charge on any atom is 0.311 e. The number of amides is 2. The first-order valence-electron chi connectivity index (χ1n) is 12.5. The number of rotatable bonds is 10. The van der Waals surface area contributed by atoms with E-state index in [1.165, 1.54) is 11.0 Å². The highest BCUT2D eigenvalue weighted by Crippen LogP contribution is 2.71. The lowest BCUT2D eigenvalue weighted by atomic mass is 9.66. The average molecular weight is 507 g/mol. The molecule has 2 unspecified atom stereocenters. The monoisotopic (exact) mass is 506 g/mol. The molecule has 0 aliphatic carbocycles. The van der Waals surface area contributed by atoms with E-state index in [2.05, 4.69) is 47.8 Å². The van der Waals surface area contributed by atoms with Crippen molar-refractivity contribution >= 4 is 29.5 Å². The summed E-state index contributed by atoms with van der Waals surface area (Å²) in [6.07, 6.45) is 5.38. The Bertz CT molecular complexity index is 896. The zero-order valence-corrected chi connectivity index (χ0v) is 23.0. The molecule has 0 aromatic rings. The Morgan fingerprint density at radius 1 is 1.23 bits per heavy atom. The summed E-state index contributed by atoms with van der Waals surface area (Å²) in [6, 6.07) is -0.754. The van der Waals surface area contributed by atoms with Gasteiger partial charge in [-0.05, 0) is 45.4 Å². The third-order valence-corrected chi connectivity index (χ3v) is 9.71. The molecule has 5 atom stereocenters. The summed E-state index contributed by atoms with van der Waals surface area (Å²) >= 11 is 1.61. The van der Waals surface area contributed by atoms with E-state index in [9.17, 15) is 19.5 Å². The van der Waals surface area contributed by atoms with E-state index in [-0.39, 0.29) is 37.0 Å². The van der Waals surface area contributed by atoms with Gasteiger partial charge >= 0.3 is 5.97 Å². The van der Waals surface area contributed by atoms with Crippen LogP contribution in [0.3, 0.4) is 0 Å². The van der Waals surface area contributed by atoms with Gasteiger partial charge in [0, 0.05) is 23.4 Å². The van der Waals surface area contributed by atoms with Crippen LogP contribution in [0.15, 0.2) is 25.3 Å². The molecule has 0 saturated carbocycles. The van der Waals surface area contributed by atoms with Crippen LogP contribution in [0.25, 0.3) is 0 Å². The molecule has 3 saturated heterocycles. The molecule has 0 aromatic carbocycles. The topological polar surface area (TPSA) is 87.1 Å². The standard InChI is InChI=1S/C27H42N2O5S/c1-9-13-29(25(6,7)17-24(3,4)5)22(32)20-27-12-11-26(8,35-27)19(23(33)34-16-10-2)18(27)21(31)28(20)14-15-30/h9-10,18-20,30H,1-2,11-17H2,3-8H3/t18-,19-,20?,26+,27?/m0/s1. The van der Waals surface area contributed by atoms with Crippen LogP contribution in [0.4, 0.5) is 0 Å². The van der Waals surface area contributed by atoms with Crippen LogP contribution in [-0.4, -0.2) is 80.1 Å². The zero-order chi connectivity index (χ0) is 26.4. The molecule has 3 heterocycles. The number of thioether (sulfide) groups is 1. The predicted molar refractivity (Wildman–Crippen MR) is 139 cm³/mol. The Hall–Kier alpha value is -1.80. The van der Waals surface area contributed by atoms with Crippen molar-refractivity contribution in [1.29, 1.82) is 0 Å². The molecule has 3 fully saturated rings. The van der Waals surface area contributed by atoms with Gasteiger partial charge in [-0.2, -0.15) is 0 Å². The van der Waals surface area contributed by atoms with Gasteiger partial charge in [0.15, 0.2) is 0 Å². The molecule has 2 bridgehead atoms. The minimum atomic E-state index is -0.754. The number of carbonyl (C=O) groups is 3. The highest BCUT2D eigenvalue weighted by atomic mass is 32.2. The lowest BCUT2D eigenvalue weighted by Crippen LogP contribution is -2.60. The summed E-state index contributed by atoms with van der Waals surface area (Å²) < 4.78 is 4.22. The second-order valence-electron chi connectivity index (χ2n) is 12.2. The number of β-amino-alcohol motifs (C(OH)–C–C–N with tert-alkyl or cyclic N) is 1. The molecule has 0 radical (unpaired) electrons. The number of hydrogen-bond donors (Lipinski definition) is 1. The lowest BCUT2D eigenvalue weighted by molar-refractivity contribution is -0.154. The summed E-state index contributed by atoms with van der Waals surface area (Å²) in [6.45, 7) is 20.3. The quantitative estimate of drug-likeness (QED) is 0.361. The normalized spacial score (nSPS) is 31.9. The Balaban J connectivity index is 2.07. The third-order valence-electron chi connectivity index (χ3n) is 7.72. The summed E-state index contributed by atoms with van der Waals surface area (Å²) in [5.41, 5.74) is -0.506. The first-order valence-corrected chi connectivity index (χ1v) is 13.3. The third kappa shape index (κ3) is 4.68. The molecule has 196 valence electrons. The van der Waals surface area contributed by atoms with Crippen LogP contribution in [0.5, 0.6) is 0 Å². The van der Waals surface area contributed by atoms with Crippen molar-refractivity contribution < 1.29 is 24.2 Å². The van der Waals surface area contributed by atoms with Gasteiger partial charge in [-0.1, -0.05) is 39.5 Å². The van der Waals surface area contributed by atoms with Crippen molar-refractivity contribution in [3.8, 4) is 0 Å². The first kappa shape index (κ1) is 27.8. The van der Waals surface area contributed by atoms with Gasteiger partial charge in [0.25, 0.3) is 0 Å². The Morgan fingerprint density at radius 2 is 1.89 bits per heavy atom. The minimum absolute atomic E-state index is 0.0195. The van der Waals surface area contributed by atoms with E-state index >= 15 is 0 Å². The van der Waals surface area contributed by atoms with Gasteiger partial charge < -0.3 is 19.6 Å². The van der Waals surface area contributed by atoms with E-state index < -0.39 is 38.9 Å². The fraction of sp³-hybridized carbons (Fsp3) is 0.741.